The number of hydrazone groups is 1. The fourth-order valence-electron chi connectivity index (χ4n) is 2.81. The van der Waals surface area contributed by atoms with Crippen molar-refractivity contribution in [2.24, 2.45) is 12.1 Å². The molecule has 1 N–H and O–H groups in total. The molecule has 0 saturated heterocycles. The van der Waals surface area contributed by atoms with Crippen molar-refractivity contribution in [3.63, 3.8) is 0 Å². The Kier molecular flexibility index (Phi) is 3.39. The summed E-state index contributed by atoms with van der Waals surface area (Å²) >= 11 is 1.20. The van der Waals surface area contributed by atoms with Crippen LogP contribution in [0.4, 0.5) is 0 Å². The van der Waals surface area contributed by atoms with Crippen molar-refractivity contribution in [1.29, 1.82) is 0 Å². The first kappa shape index (κ1) is 14.6. The van der Waals surface area contributed by atoms with Crippen LogP contribution in [0.1, 0.15) is 10.4 Å². The van der Waals surface area contributed by atoms with E-state index in [9.17, 15) is 4.79 Å². The van der Waals surface area contributed by atoms with Gasteiger partial charge in [0.1, 0.15) is 11.5 Å². The summed E-state index contributed by atoms with van der Waals surface area (Å²) < 4.78 is 11.3. The Labute approximate surface area is 141 Å². The van der Waals surface area contributed by atoms with Gasteiger partial charge in [0.2, 0.25) is 0 Å². The Hall–Kier alpha value is -3.00. The van der Waals surface area contributed by atoms with Crippen molar-refractivity contribution in [2.45, 2.75) is 0 Å². The van der Waals surface area contributed by atoms with Crippen molar-refractivity contribution < 1.29 is 9.53 Å². The SMILES string of the molecule is COc1cccc2c1c(/C=C1/C(=O)NN=C1c1cnns1)cn2C. The van der Waals surface area contributed by atoms with Crippen molar-refractivity contribution in [3.8, 4) is 5.75 Å². The number of fused-ring (bicyclic) bond motifs is 1. The minimum Gasteiger partial charge on any atom is -0.496 e. The van der Waals surface area contributed by atoms with Crippen LogP contribution in [0.25, 0.3) is 17.0 Å². The Morgan fingerprint density at radius 2 is 2.25 bits per heavy atom. The van der Waals surface area contributed by atoms with E-state index >= 15 is 0 Å². The van der Waals surface area contributed by atoms with Gasteiger partial charge in [-0.05, 0) is 29.7 Å². The van der Waals surface area contributed by atoms with Crippen molar-refractivity contribution in [3.05, 3.63) is 46.6 Å². The van der Waals surface area contributed by atoms with Crippen LogP contribution in [-0.2, 0) is 11.8 Å². The number of hydrogen-bond acceptors (Lipinski definition) is 6. The van der Waals surface area contributed by atoms with Gasteiger partial charge in [-0.3, -0.25) is 4.79 Å². The molecular weight excluding hydrogens is 326 g/mol. The highest BCUT2D eigenvalue weighted by atomic mass is 32.1. The van der Waals surface area contributed by atoms with Gasteiger partial charge in [0, 0.05) is 24.2 Å². The van der Waals surface area contributed by atoms with Gasteiger partial charge in [0.05, 0.1) is 29.3 Å². The number of aromatic nitrogens is 3. The number of benzene rings is 1. The van der Waals surface area contributed by atoms with Gasteiger partial charge in [-0.2, -0.15) is 5.10 Å². The number of nitrogens with zero attached hydrogens (tertiary/aromatic N) is 4. The Morgan fingerprint density at radius 3 is 3.00 bits per heavy atom. The van der Waals surface area contributed by atoms with Gasteiger partial charge >= 0.3 is 0 Å². The number of hydrogen-bond donors (Lipinski definition) is 1. The van der Waals surface area contributed by atoms with Crippen LogP contribution < -0.4 is 10.2 Å². The molecule has 1 aliphatic rings. The molecular formula is C16H13N5O2S. The van der Waals surface area contributed by atoms with Crippen molar-refractivity contribution in [2.75, 3.05) is 7.11 Å². The summed E-state index contributed by atoms with van der Waals surface area (Å²) in [4.78, 5) is 13.0. The van der Waals surface area contributed by atoms with E-state index in [1.165, 1.54) is 11.5 Å². The smallest absolute Gasteiger partial charge is 0.273 e. The maximum atomic E-state index is 12.2. The van der Waals surface area contributed by atoms with E-state index in [1.54, 1.807) is 13.3 Å². The molecule has 8 heteroatoms. The second-order valence-corrected chi connectivity index (χ2v) is 6.08. The number of methoxy groups -OCH3 is 1. The first-order valence-electron chi connectivity index (χ1n) is 7.19. The third-order valence-corrected chi connectivity index (χ3v) is 4.56. The summed E-state index contributed by atoms with van der Waals surface area (Å²) in [7, 11) is 3.59. The monoisotopic (exact) mass is 339 g/mol. The molecule has 3 heterocycles. The molecule has 0 bridgehead atoms. The Bertz CT molecular complexity index is 1000. The molecule has 1 aliphatic heterocycles. The second-order valence-electron chi connectivity index (χ2n) is 5.29. The number of amides is 1. The largest absolute Gasteiger partial charge is 0.496 e. The number of ether oxygens (including phenoxy) is 1. The van der Waals surface area contributed by atoms with E-state index < -0.39 is 0 Å². The molecule has 0 saturated carbocycles. The molecule has 2 aromatic heterocycles. The summed E-state index contributed by atoms with van der Waals surface area (Å²) in [6.07, 6.45) is 5.39. The number of aryl methyl sites for hydroxylation is 1. The van der Waals surface area contributed by atoms with Crippen LogP contribution in [0, 0.1) is 0 Å². The van der Waals surface area contributed by atoms with Crippen LogP contribution in [0.5, 0.6) is 5.75 Å². The number of nitrogens with one attached hydrogen (secondary N) is 1. The van der Waals surface area contributed by atoms with E-state index in [1.807, 2.05) is 42.1 Å². The molecule has 7 nitrogen and oxygen atoms in total. The number of carbonyl (C=O) groups is 1. The lowest BCUT2D eigenvalue weighted by Crippen LogP contribution is -2.13. The summed E-state index contributed by atoms with van der Waals surface area (Å²) in [6.45, 7) is 0. The van der Waals surface area contributed by atoms with Crippen molar-refractivity contribution in [1.82, 2.24) is 19.6 Å². The summed E-state index contributed by atoms with van der Waals surface area (Å²) in [5.74, 6) is 0.515. The summed E-state index contributed by atoms with van der Waals surface area (Å²) in [5, 5.41) is 8.87. The van der Waals surface area contributed by atoms with Gasteiger partial charge in [0.15, 0.2) is 0 Å². The minimum absolute atomic E-state index is 0.245. The molecule has 0 unspecified atom stereocenters. The maximum absolute atomic E-state index is 12.2. The number of rotatable bonds is 3. The Morgan fingerprint density at radius 1 is 1.38 bits per heavy atom. The predicted octanol–water partition coefficient (Wildman–Crippen LogP) is 1.96. The summed E-state index contributed by atoms with van der Waals surface area (Å²) in [6, 6.07) is 5.86. The second kappa shape index (κ2) is 5.57. The normalized spacial score (nSPS) is 15.8. The van der Waals surface area contributed by atoms with Crippen LogP contribution in [0.2, 0.25) is 0 Å². The predicted molar refractivity (Wildman–Crippen MR) is 92.0 cm³/mol. The van der Waals surface area contributed by atoms with Crippen LogP contribution in [-0.4, -0.2) is 32.9 Å². The topological polar surface area (TPSA) is 81.4 Å². The molecule has 1 amide bonds. The lowest BCUT2D eigenvalue weighted by Gasteiger charge is -2.03. The fourth-order valence-corrected chi connectivity index (χ4v) is 3.33. The Balaban J connectivity index is 1.90. The van der Waals surface area contributed by atoms with Gasteiger partial charge in [-0.1, -0.05) is 10.6 Å². The minimum atomic E-state index is -0.245. The molecule has 0 aliphatic carbocycles. The third kappa shape index (κ3) is 2.19. The molecule has 120 valence electrons. The average molecular weight is 339 g/mol. The molecule has 3 aromatic rings. The first-order valence-corrected chi connectivity index (χ1v) is 7.96. The zero-order valence-corrected chi connectivity index (χ0v) is 13.8. The molecule has 1 aromatic carbocycles. The van der Waals surface area contributed by atoms with Gasteiger partial charge in [-0.25, -0.2) is 5.43 Å². The number of carbonyl (C=O) groups excluding carboxylic acids is 1. The lowest BCUT2D eigenvalue weighted by molar-refractivity contribution is -0.116. The molecule has 24 heavy (non-hydrogen) atoms. The maximum Gasteiger partial charge on any atom is 0.273 e. The van der Waals surface area contributed by atoms with E-state index in [4.69, 9.17) is 4.74 Å². The van der Waals surface area contributed by atoms with Crippen LogP contribution >= 0.6 is 11.5 Å². The highest BCUT2D eigenvalue weighted by molar-refractivity contribution is 7.08. The van der Waals surface area contributed by atoms with Gasteiger partial charge < -0.3 is 9.30 Å². The van der Waals surface area contributed by atoms with Crippen LogP contribution in [0.15, 0.2) is 41.3 Å². The zero-order valence-electron chi connectivity index (χ0n) is 13.0. The molecule has 0 atom stereocenters. The molecule has 0 radical (unpaired) electrons. The quantitative estimate of drug-likeness (QED) is 0.740. The van der Waals surface area contributed by atoms with Gasteiger partial charge in [-0.15, -0.1) is 5.10 Å². The van der Waals surface area contributed by atoms with E-state index in [2.05, 4.69) is 20.1 Å². The van der Waals surface area contributed by atoms with Crippen LogP contribution in [0.3, 0.4) is 0 Å². The van der Waals surface area contributed by atoms with E-state index in [-0.39, 0.29) is 5.91 Å². The van der Waals surface area contributed by atoms with Crippen molar-refractivity contribution >= 4 is 40.1 Å². The fraction of sp³-hybridized carbons (Fsp3) is 0.125. The zero-order chi connectivity index (χ0) is 16.7. The van der Waals surface area contributed by atoms with E-state index in [0.717, 1.165) is 27.1 Å². The highest BCUT2D eigenvalue weighted by Gasteiger charge is 2.26. The first-order chi connectivity index (χ1) is 11.7. The average Bonchev–Trinajstić information content (AvgIpc) is 3.30. The molecule has 0 fully saturated rings. The molecule has 0 spiro atoms. The summed E-state index contributed by atoms with van der Waals surface area (Å²) in [5.41, 5.74) is 5.46. The van der Waals surface area contributed by atoms with Gasteiger partial charge in [0.25, 0.3) is 5.91 Å². The van der Waals surface area contributed by atoms with E-state index in [0.29, 0.717) is 11.3 Å². The third-order valence-electron chi connectivity index (χ3n) is 3.89. The highest BCUT2D eigenvalue weighted by Crippen LogP contribution is 2.32. The molecule has 4 rings (SSSR count). The lowest BCUT2D eigenvalue weighted by atomic mass is 10.0. The standard InChI is InChI=1S/C16H13N5O2S/c1-21-8-9(14-11(21)4-3-5-12(14)23-2)6-10-15(18-19-16(10)22)13-7-17-20-24-13/h3-8H,1-2H3,(H,19,22)/b10-6+.